The van der Waals surface area contributed by atoms with Crippen LogP contribution in [0.1, 0.15) is 19.8 Å². The fourth-order valence-electron chi connectivity index (χ4n) is 1.98. The third kappa shape index (κ3) is 6.32. The molecule has 2 rings (SSSR count). The van der Waals surface area contributed by atoms with Crippen molar-refractivity contribution in [3.05, 3.63) is 53.0 Å². The minimum Gasteiger partial charge on any atom is -0.494 e. The molecule has 0 spiro atoms. The van der Waals surface area contributed by atoms with E-state index in [1.807, 2.05) is 48.5 Å². The van der Waals surface area contributed by atoms with E-state index in [4.69, 9.17) is 4.74 Å². The number of benzene rings is 2. The second kappa shape index (κ2) is 9.20. The van der Waals surface area contributed by atoms with Gasteiger partial charge in [0.05, 0.1) is 13.2 Å². The van der Waals surface area contributed by atoms with Crippen molar-refractivity contribution < 1.29 is 9.53 Å². The lowest BCUT2D eigenvalue weighted by Crippen LogP contribution is -2.21. The Bertz CT molecular complexity index is 646. The molecule has 0 radical (unpaired) electrons. The van der Waals surface area contributed by atoms with Crippen LogP contribution < -0.4 is 15.4 Å². The van der Waals surface area contributed by atoms with Gasteiger partial charge in [0.2, 0.25) is 5.91 Å². The molecule has 4 nitrogen and oxygen atoms in total. The average molecular weight is 377 g/mol. The molecular formula is C18H21BrN2O2. The Morgan fingerprint density at radius 2 is 1.91 bits per heavy atom. The predicted octanol–water partition coefficient (Wildman–Crippen LogP) is 4.68. The highest BCUT2D eigenvalue weighted by Gasteiger charge is 2.04. The fourth-order valence-corrected chi connectivity index (χ4v) is 2.38. The number of anilines is 2. The summed E-state index contributed by atoms with van der Waals surface area (Å²) >= 11 is 3.40. The third-order valence-corrected chi connectivity index (χ3v) is 3.66. The van der Waals surface area contributed by atoms with Crippen molar-refractivity contribution in [1.82, 2.24) is 0 Å². The Labute approximate surface area is 145 Å². The number of hydrogen-bond acceptors (Lipinski definition) is 3. The van der Waals surface area contributed by atoms with Crippen molar-refractivity contribution in [3.63, 3.8) is 0 Å². The van der Waals surface area contributed by atoms with Gasteiger partial charge in [0.25, 0.3) is 0 Å². The van der Waals surface area contributed by atoms with Crippen molar-refractivity contribution in [1.29, 1.82) is 0 Å². The van der Waals surface area contributed by atoms with Crippen LogP contribution in [0.2, 0.25) is 0 Å². The smallest absolute Gasteiger partial charge is 0.243 e. The summed E-state index contributed by atoms with van der Waals surface area (Å²) in [4.78, 5) is 12.0. The van der Waals surface area contributed by atoms with Crippen LogP contribution in [0, 0.1) is 0 Å². The molecule has 5 heteroatoms. The van der Waals surface area contributed by atoms with Gasteiger partial charge in [0.1, 0.15) is 5.75 Å². The average Bonchev–Trinajstić information content (AvgIpc) is 2.54. The van der Waals surface area contributed by atoms with Crippen molar-refractivity contribution >= 4 is 33.2 Å². The fraction of sp³-hybridized carbons (Fsp3) is 0.278. The number of rotatable bonds is 8. The summed E-state index contributed by atoms with van der Waals surface area (Å²) in [7, 11) is 0. The van der Waals surface area contributed by atoms with Crippen molar-refractivity contribution in [2.24, 2.45) is 0 Å². The highest BCUT2D eigenvalue weighted by Crippen LogP contribution is 2.18. The summed E-state index contributed by atoms with van der Waals surface area (Å²) in [5.41, 5.74) is 1.63. The molecule has 0 unspecified atom stereocenters. The van der Waals surface area contributed by atoms with Gasteiger partial charge >= 0.3 is 0 Å². The highest BCUT2D eigenvalue weighted by atomic mass is 79.9. The zero-order chi connectivity index (χ0) is 16.5. The largest absolute Gasteiger partial charge is 0.494 e. The van der Waals surface area contributed by atoms with Crippen LogP contribution in [-0.2, 0) is 4.79 Å². The van der Waals surface area contributed by atoms with Gasteiger partial charge in [0.15, 0.2) is 0 Å². The van der Waals surface area contributed by atoms with Gasteiger partial charge in [0, 0.05) is 21.9 Å². The molecule has 2 aromatic rings. The zero-order valence-corrected chi connectivity index (χ0v) is 14.7. The molecule has 0 aliphatic carbocycles. The predicted molar refractivity (Wildman–Crippen MR) is 98.1 cm³/mol. The van der Waals surface area contributed by atoms with Gasteiger partial charge in [-0.25, -0.2) is 0 Å². The molecule has 0 heterocycles. The molecule has 2 N–H and O–H groups in total. The number of ether oxygens (including phenoxy) is 1. The van der Waals surface area contributed by atoms with E-state index in [1.54, 1.807) is 0 Å². The maximum Gasteiger partial charge on any atom is 0.243 e. The molecule has 2 aromatic carbocycles. The van der Waals surface area contributed by atoms with Crippen LogP contribution in [0.4, 0.5) is 11.4 Å². The Morgan fingerprint density at radius 1 is 1.13 bits per heavy atom. The number of unbranched alkanes of at least 4 members (excludes halogenated alkanes) is 1. The first-order valence-electron chi connectivity index (χ1n) is 7.69. The first kappa shape index (κ1) is 17.3. The molecule has 0 saturated heterocycles. The highest BCUT2D eigenvalue weighted by molar-refractivity contribution is 9.10. The number of carbonyl (C=O) groups excluding carboxylic acids is 1. The zero-order valence-electron chi connectivity index (χ0n) is 13.1. The van der Waals surface area contributed by atoms with Gasteiger partial charge in [-0.05, 0) is 36.8 Å². The van der Waals surface area contributed by atoms with E-state index < -0.39 is 0 Å². The van der Waals surface area contributed by atoms with Gasteiger partial charge in [-0.15, -0.1) is 0 Å². The summed E-state index contributed by atoms with van der Waals surface area (Å²) in [6.45, 7) is 3.02. The van der Waals surface area contributed by atoms with E-state index in [0.29, 0.717) is 6.61 Å². The molecule has 0 saturated carbocycles. The van der Waals surface area contributed by atoms with Crippen LogP contribution in [-0.4, -0.2) is 19.1 Å². The van der Waals surface area contributed by atoms with E-state index in [0.717, 1.165) is 34.4 Å². The van der Waals surface area contributed by atoms with Crippen LogP contribution in [0.3, 0.4) is 0 Å². The Hall–Kier alpha value is -2.01. The number of carbonyl (C=O) groups is 1. The van der Waals surface area contributed by atoms with E-state index in [9.17, 15) is 4.79 Å². The summed E-state index contributed by atoms with van der Waals surface area (Å²) in [5.74, 6) is 0.673. The van der Waals surface area contributed by atoms with Crippen LogP contribution >= 0.6 is 15.9 Å². The van der Waals surface area contributed by atoms with Crippen LogP contribution in [0.5, 0.6) is 5.75 Å². The topological polar surface area (TPSA) is 50.4 Å². The maximum atomic E-state index is 12.0. The maximum absolute atomic E-state index is 12.0. The number of amides is 1. The molecule has 23 heavy (non-hydrogen) atoms. The SMILES string of the molecule is CCCCOc1cccc(NC(=O)CNc2cccc(Br)c2)c1. The molecule has 0 aliphatic rings. The van der Waals surface area contributed by atoms with E-state index in [1.165, 1.54) is 0 Å². The normalized spacial score (nSPS) is 10.2. The number of hydrogen-bond donors (Lipinski definition) is 2. The van der Waals surface area contributed by atoms with Crippen molar-refractivity contribution in [3.8, 4) is 5.75 Å². The lowest BCUT2D eigenvalue weighted by Gasteiger charge is -2.10. The van der Waals surface area contributed by atoms with E-state index >= 15 is 0 Å². The monoisotopic (exact) mass is 376 g/mol. The molecule has 0 aromatic heterocycles. The minimum absolute atomic E-state index is 0.101. The quantitative estimate of drug-likeness (QED) is 0.657. The lowest BCUT2D eigenvalue weighted by atomic mass is 10.3. The third-order valence-electron chi connectivity index (χ3n) is 3.16. The molecule has 0 bridgehead atoms. The molecule has 1 amide bonds. The van der Waals surface area contributed by atoms with Gasteiger partial charge in [-0.2, -0.15) is 0 Å². The van der Waals surface area contributed by atoms with Crippen molar-refractivity contribution in [2.45, 2.75) is 19.8 Å². The summed E-state index contributed by atoms with van der Waals surface area (Å²) < 4.78 is 6.61. The first-order valence-corrected chi connectivity index (χ1v) is 8.49. The Kier molecular flexibility index (Phi) is 6.94. The van der Waals surface area contributed by atoms with Gasteiger partial charge in [-0.1, -0.05) is 41.4 Å². The molecule has 0 aliphatic heterocycles. The second-order valence-corrected chi connectivity index (χ2v) is 6.06. The van der Waals surface area contributed by atoms with E-state index in [2.05, 4.69) is 33.5 Å². The Balaban J connectivity index is 1.83. The molecule has 0 fully saturated rings. The standard InChI is InChI=1S/C18H21BrN2O2/c1-2-3-10-23-17-9-5-8-16(12-17)21-18(22)13-20-15-7-4-6-14(19)11-15/h4-9,11-12,20H,2-3,10,13H2,1H3,(H,21,22). The summed E-state index contributed by atoms with van der Waals surface area (Å²) in [5, 5.41) is 5.95. The summed E-state index contributed by atoms with van der Waals surface area (Å²) in [6, 6.07) is 15.2. The van der Waals surface area contributed by atoms with Crippen molar-refractivity contribution in [2.75, 3.05) is 23.8 Å². The summed E-state index contributed by atoms with van der Waals surface area (Å²) in [6.07, 6.45) is 2.12. The minimum atomic E-state index is -0.101. The molecule has 122 valence electrons. The van der Waals surface area contributed by atoms with Crippen LogP contribution in [0.25, 0.3) is 0 Å². The number of halogens is 1. The van der Waals surface area contributed by atoms with Gasteiger partial charge < -0.3 is 15.4 Å². The van der Waals surface area contributed by atoms with Crippen LogP contribution in [0.15, 0.2) is 53.0 Å². The Morgan fingerprint density at radius 3 is 2.70 bits per heavy atom. The molecular weight excluding hydrogens is 356 g/mol. The molecule has 0 atom stereocenters. The van der Waals surface area contributed by atoms with Gasteiger partial charge in [-0.3, -0.25) is 4.79 Å². The lowest BCUT2D eigenvalue weighted by molar-refractivity contribution is -0.114. The van der Waals surface area contributed by atoms with E-state index in [-0.39, 0.29) is 12.5 Å². The first-order chi connectivity index (χ1) is 11.2. The number of nitrogens with one attached hydrogen (secondary N) is 2. The second-order valence-electron chi connectivity index (χ2n) is 5.14.